The zero-order chi connectivity index (χ0) is 28.0. The molecule has 37 heavy (non-hydrogen) atoms. The third kappa shape index (κ3) is 71.9. The molecule has 0 bridgehead atoms. The van der Waals surface area contributed by atoms with Crippen LogP contribution in [0.4, 0.5) is 0 Å². The Balaban J connectivity index is -0.0000000709. The molecule has 0 aromatic carbocycles. The van der Waals surface area contributed by atoms with Gasteiger partial charge in [0.1, 0.15) is 0 Å². The first-order valence-corrected chi connectivity index (χ1v) is 9.47. The minimum absolute atomic E-state index is 0. The third-order valence-corrected chi connectivity index (χ3v) is 2.12. The summed E-state index contributed by atoms with van der Waals surface area (Å²) in [5, 5.41) is 60.0. The molecule has 0 heterocycles. The Kier molecular flexibility index (Phi) is 43.6. The largest absolute Gasteiger partial charge is 4.00 e. The molecular formula is C18H36N4O14Zr. The van der Waals surface area contributed by atoms with Crippen LogP contribution in [0.25, 0.3) is 0 Å². The number of carboxylic acids is 6. The van der Waals surface area contributed by atoms with Gasteiger partial charge in [-0.1, -0.05) is 0 Å². The van der Waals surface area contributed by atoms with Crippen LogP contribution < -0.4 is 40.4 Å². The molecule has 0 unspecified atom stereocenters. The molecule has 0 aliphatic carbocycles. The fraction of sp³-hybridized carbons (Fsp3) is 0.667. The van der Waals surface area contributed by atoms with Crippen LogP contribution in [0, 0.1) is 0 Å². The van der Waals surface area contributed by atoms with E-state index in [9.17, 15) is 59.4 Å². The normalized spacial score (nSPS) is 8.92. The van der Waals surface area contributed by atoms with E-state index in [4.69, 9.17) is 0 Å². The maximum Gasteiger partial charge on any atom is 4.00 e. The van der Waals surface area contributed by atoms with Gasteiger partial charge >= 0.3 is 26.2 Å². The van der Waals surface area contributed by atoms with E-state index in [2.05, 4.69) is 42.3 Å². The Bertz CT molecular complexity index is 514. The van der Waals surface area contributed by atoms with E-state index in [0.717, 1.165) is 0 Å². The van der Waals surface area contributed by atoms with Crippen molar-refractivity contribution in [2.24, 2.45) is 0 Å². The standard InChI is InChI=1S/2C6H9NO6.2C3H9N.2H2O.Zr/c2*8-4(9)1-7(2-5(10)11)3-6(12)13;2*1-4(2)3;;;/h2*1-3H2,(H,8,9)(H,10,11)(H,12,13);2*1-3H3;2*1H2;/q;;;;;;+4/p-4. The van der Waals surface area contributed by atoms with Crippen LogP contribution in [0.1, 0.15) is 0 Å². The number of quaternary nitrogens is 2. The number of carboxylic acid groups (broad SMARTS) is 6. The summed E-state index contributed by atoms with van der Waals surface area (Å²) < 4.78 is 0. The van der Waals surface area contributed by atoms with Crippen LogP contribution >= 0.6 is 0 Å². The van der Waals surface area contributed by atoms with Gasteiger partial charge in [-0.05, 0) is 0 Å². The smallest absolute Gasteiger partial charge is 0.549 e. The van der Waals surface area contributed by atoms with Gasteiger partial charge in [0, 0.05) is 39.3 Å². The van der Waals surface area contributed by atoms with Gasteiger partial charge in [-0.15, -0.1) is 0 Å². The third-order valence-electron chi connectivity index (χ3n) is 2.12. The quantitative estimate of drug-likeness (QED) is 0.204. The van der Waals surface area contributed by atoms with E-state index in [1.807, 2.05) is 0 Å². The maximum absolute atomic E-state index is 9.99. The first kappa shape index (κ1) is 51.2. The fourth-order valence-corrected chi connectivity index (χ4v) is 1.43. The molecular weight excluding hydrogens is 587 g/mol. The van der Waals surface area contributed by atoms with Gasteiger partial charge in [-0.2, -0.15) is 0 Å². The molecule has 19 heteroatoms. The van der Waals surface area contributed by atoms with Crippen molar-refractivity contribution in [2.45, 2.75) is 0 Å². The summed E-state index contributed by atoms with van der Waals surface area (Å²) in [7, 11) is 12.5. The molecule has 0 spiro atoms. The van der Waals surface area contributed by atoms with Crippen LogP contribution in [0.3, 0.4) is 0 Å². The number of rotatable bonds is 12. The van der Waals surface area contributed by atoms with E-state index >= 15 is 0 Å². The van der Waals surface area contributed by atoms with Crippen LogP contribution in [0.15, 0.2) is 0 Å². The molecule has 0 rings (SSSR count). The molecule has 0 aromatic rings. The number of nitrogens with one attached hydrogen (secondary N) is 2. The summed E-state index contributed by atoms with van der Waals surface area (Å²) in [5.41, 5.74) is 0. The van der Waals surface area contributed by atoms with Crippen LogP contribution in [0.5, 0.6) is 0 Å². The minimum atomic E-state index is -1.57. The van der Waals surface area contributed by atoms with Crippen molar-refractivity contribution in [1.29, 1.82) is 0 Å². The summed E-state index contributed by atoms with van der Waals surface area (Å²) in [6.45, 7) is -4.74. The number of carbonyl (C=O) groups is 6. The molecule has 0 saturated heterocycles. The van der Waals surface area contributed by atoms with Gasteiger partial charge in [0.15, 0.2) is 0 Å². The minimum Gasteiger partial charge on any atom is -0.549 e. The van der Waals surface area contributed by atoms with Gasteiger partial charge in [0.25, 0.3) is 0 Å². The van der Waals surface area contributed by atoms with Crippen molar-refractivity contribution in [1.82, 2.24) is 9.80 Å². The second-order valence-corrected chi connectivity index (χ2v) is 7.52. The topological polar surface area (TPSA) is 319 Å². The Morgan fingerprint density at radius 2 is 0.514 bits per heavy atom. The summed E-state index contributed by atoms with van der Waals surface area (Å²) >= 11 is 0. The van der Waals surface area contributed by atoms with Gasteiger partial charge in [0.05, 0.1) is 78.1 Å². The average molecular weight is 624 g/mol. The van der Waals surface area contributed by atoms with Crippen molar-refractivity contribution in [3.63, 3.8) is 0 Å². The van der Waals surface area contributed by atoms with E-state index in [0.29, 0.717) is 9.80 Å². The van der Waals surface area contributed by atoms with Crippen LogP contribution in [0.2, 0.25) is 0 Å². The summed E-state index contributed by atoms with van der Waals surface area (Å²) in [4.78, 5) is 64.0. The predicted octanol–water partition coefficient (Wildman–Crippen LogP) is -15.1. The molecule has 6 N–H and O–H groups in total. The second-order valence-electron chi connectivity index (χ2n) is 7.52. The van der Waals surface area contributed by atoms with Crippen molar-refractivity contribution >= 4 is 35.8 Å². The van der Waals surface area contributed by atoms with Crippen LogP contribution in [-0.4, -0.2) is 138 Å². The van der Waals surface area contributed by atoms with E-state index in [-0.39, 0.29) is 37.2 Å². The Hall–Kier alpha value is -2.54. The first-order valence-electron chi connectivity index (χ1n) is 9.47. The van der Waals surface area contributed by atoms with Gasteiger partial charge in [-0.25, -0.2) is 0 Å². The first-order chi connectivity index (χ1) is 15.3. The average Bonchev–Trinajstić information content (AvgIpc) is 2.49. The van der Waals surface area contributed by atoms with Crippen molar-refractivity contribution in [2.75, 3.05) is 81.6 Å². The van der Waals surface area contributed by atoms with E-state index in [1.54, 1.807) is 0 Å². The SMILES string of the molecule is C[NH+](C)C.C[NH+](C)C.O.O.O=C([O-])CN(CC(=O)[O-])CC(=O)[O-].O=C([O-])CN(CC(=O)[O-])CC(=O)[O-].[Zr+4]. The number of hydrogen-bond donors (Lipinski definition) is 2. The molecule has 0 saturated carbocycles. The van der Waals surface area contributed by atoms with Crippen molar-refractivity contribution in [3.05, 3.63) is 0 Å². The van der Waals surface area contributed by atoms with Crippen molar-refractivity contribution < 1.29 is 106 Å². The molecule has 216 valence electrons. The predicted molar refractivity (Wildman–Crippen MR) is 108 cm³/mol. The molecule has 0 radical (unpaired) electrons. The van der Waals surface area contributed by atoms with Crippen LogP contribution in [-0.2, 0) is 55.0 Å². The summed E-state index contributed by atoms with van der Waals surface area (Å²) in [6, 6.07) is 0. The molecule has 0 aliphatic rings. The summed E-state index contributed by atoms with van der Waals surface area (Å²) in [6.07, 6.45) is 0. The molecule has 0 aromatic heterocycles. The number of aliphatic carboxylic acids is 6. The zero-order valence-corrected chi connectivity index (χ0v) is 24.0. The zero-order valence-electron chi connectivity index (χ0n) is 21.5. The molecule has 0 amide bonds. The van der Waals surface area contributed by atoms with Gasteiger partial charge in [-0.3, -0.25) is 9.80 Å². The maximum atomic E-state index is 9.99. The Morgan fingerprint density at radius 3 is 0.568 bits per heavy atom. The fourth-order valence-electron chi connectivity index (χ4n) is 1.43. The van der Waals surface area contributed by atoms with Crippen molar-refractivity contribution in [3.8, 4) is 0 Å². The van der Waals surface area contributed by atoms with Gasteiger partial charge in [0.2, 0.25) is 0 Å². The molecule has 0 atom stereocenters. The Morgan fingerprint density at radius 1 is 0.432 bits per heavy atom. The molecule has 18 nitrogen and oxygen atoms in total. The second kappa shape index (κ2) is 31.5. The molecule has 0 fully saturated rings. The number of hydrogen-bond acceptors (Lipinski definition) is 14. The summed E-state index contributed by atoms with van der Waals surface area (Å²) in [5.74, 6) is -9.40. The van der Waals surface area contributed by atoms with Gasteiger partial charge < -0.3 is 80.2 Å². The van der Waals surface area contributed by atoms with E-state index < -0.39 is 75.1 Å². The molecule has 0 aliphatic heterocycles. The Labute approximate surface area is 233 Å². The number of nitrogens with zero attached hydrogens (tertiary/aromatic N) is 2. The monoisotopic (exact) mass is 622 g/mol. The van der Waals surface area contributed by atoms with E-state index in [1.165, 1.54) is 9.80 Å². The number of carbonyl (C=O) groups excluding carboxylic acids is 6.